The van der Waals surface area contributed by atoms with Gasteiger partial charge in [-0.15, -0.1) is 0 Å². The Balaban J connectivity index is 1.39. The lowest BCUT2D eigenvalue weighted by atomic mass is 9.46. The summed E-state index contributed by atoms with van der Waals surface area (Å²) < 4.78 is 0. The fraction of sp³-hybridized carbons (Fsp3) is 0.926. The van der Waals surface area contributed by atoms with Gasteiger partial charge in [-0.2, -0.15) is 0 Å². The molecule has 30 heavy (non-hydrogen) atoms. The summed E-state index contributed by atoms with van der Waals surface area (Å²) >= 11 is 0. The molecule has 1 saturated heterocycles. The zero-order valence-corrected chi connectivity index (χ0v) is 19.7. The highest BCUT2D eigenvalue weighted by Crippen LogP contribution is 2.67. The van der Waals surface area contributed by atoms with Crippen LogP contribution in [0, 0.1) is 46.3 Å². The molecule has 1 heterocycles. The molecule has 0 aromatic carbocycles. The van der Waals surface area contributed by atoms with E-state index >= 15 is 0 Å². The molecule has 0 spiro atoms. The van der Waals surface area contributed by atoms with E-state index in [2.05, 4.69) is 39.1 Å². The number of allylic oxidation sites excluding steroid dienone is 1. The fourth-order valence-electron chi connectivity index (χ4n) is 9.43. The van der Waals surface area contributed by atoms with Gasteiger partial charge in [-0.3, -0.25) is 0 Å². The van der Waals surface area contributed by atoms with Crippen LogP contribution in [0.2, 0.25) is 0 Å². The van der Waals surface area contributed by atoms with Gasteiger partial charge in [-0.25, -0.2) is 0 Å². The van der Waals surface area contributed by atoms with Gasteiger partial charge in [0.15, 0.2) is 0 Å². The number of aliphatic hydroxyl groups excluding tert-OH is 2. The summed E-state index contributed by atoms with van der Waals surface area (Å²) in [6, 6.07) is 0.576. The van der Waals surface area contributed by atoms with Crippen LogP contribution in [-0.4, -0.2) is 35.0 Å². The summed E-state index contributed by atoms with van der Waals surface area (Å²) in [7, 11) is 0. The number of piperidine rings is 1. The third-order valence-corrected chi connectivity index (χ3v) is 11.1. The van der Waals surface area contributed by atoms with Crippen LogP contribution in [0.1, 0.15) is 85.5 Å². The largest absolute Gasteiger partial charge is 0.393 e. The second-order valence-electron chi connectivity index (χ2n) is 12.6. The van der Waals surface area contributed by atoms with Gasteiger partial charge in [-0.1, -0.05) is 39.3 Å². The number of hydrogen-bond acceptors (Lipinski definition) is 3. The van der Waals surface area contributed by atoms with Gasteiger partial charge in [-0.05, 0) is 111 Å². The quantitative estimate of drug-likeness (QED) is 0.561. The molecule has 0 amide bonds. The van der Waals surface area contributed by atoms with Crippen molar-refractivity contribution >= 4 is 0 Å². The molecule has 0 aromatic heterocycles. The molecule has 5 rings (SSSR count). The maximum atomic E-state index is 11.4. The first kappa shape index (κ1) is 21.5. The van der Waals surface area contributed by atoms with E-state index in [1.54, 1.807) is 5.57 Å². The third-order valence-electron chi connectivity index (χ3n) is 11.1. The van der Waals surface area contributed by atoms with Crippen molar-refractivity contribution in [1.29, 1.82) is 0 Å². The second kappa shape index (κ2) is 7.59. The molecule has 1 aliphatic heterocycles. The highest BCUT2D eigenvalue weighted by Gasteiger charge is 2.62. The standard InChI is InChI=1S/C27H45NO2/c1-16-5-8-23(28-15-16)17(2)25-24(30)14-22-20-7-6-18-13-19(29)9-11-26(18,3)21(20)10-12-27(22,25)4/h13,16-17,19-25,28-30H,5-12,14-15H2,1-4H3/t16?,17?,19?,20-,21+,22+,23?,24?,25?,26+,27+/m1/s1. The van der Waals surface area contributed by atoms with Gasteiger partial charge < -0.3 is 15.5 Å². The average molecular weight is 416 g/mol. The molecule has 3 heteroatoms. The van der Waals surface area contributed by atoms with Crippen LogP contribution in [0.25, 0.3) is 0 Å². The first-order valence-electron chi connectivity index (χ1n) is 13.0. The Morgan fingerprint density at radius 3 is 2.57 bits per heavy atom. The molecular formula is C27H45NO2. The van der Waals surface area contributed by atoms with Crippen LogP contribution < -0.4 is 5.32 Å². The van der Waals surface area contributed by atoms with E-state index in [4.69, 9.17) is 0 Å². The van der Waals surface area contributed by atoms with Crippen molar-refractivity contribution in [3.05, 3.63) is 11.6 Å². The smallest absolute Gasteiger partial charge is 0.0724 e. The Bertz CT molecular complexity index is 682. The normalized spacial score (nSPS) is 54.5. The van der Waals surface area contributed by atoms with Crippen molar-refractivity contribution in [3.63, 3.8) is 0 Å². The Labute approximate surface area is 184 Å². The lowest BCUT2D eigenvalue weighted by molar-refractivity contribution is -0.0702. The molecule has 5 aliphatic rings. The number of nitrogens with one attached hydrogen (secondary N) is 1. The SMILES string of the molecule is CC1CCC(C(C)C2C(O)C[C@H]3[C@@H]4CCC5=CC(O)CC[C@]5(C)[C@H]4CC[C@]23C)NC1. The highest BCUT2D eigenvalue weighted by molar-refractivity contribution is 5.25. The van der Waals surface area contributed by atoms with Gasteiger partial charge in [0.25, 0.3) is 0 Å². The van der Waals surface area contributed by atoms with Crippen molar-refractivity contribution < 1.29 is 10.2 Å². The summed E-state index contributed by atoms with van der Waals surface area (Å²) in [5.74, 6) is 3.96. The Morgan fingerprint density at radius 2 is 1.83 bits per heavy atom. The van der Waals surface area contributed by atoms with Crippen LogP contribution in [0.3, 0.4) is 0 Å². The van der Waals surface area contributed by atoms with E-state index in [1.165, 1.54) is 38.5 Å². The van der Waals surface area contributed by atoms with Crippen LogP contribution in [0.4, 0.5) is 0 Å². The van der Waals surface area contributed by atoms with Crippen molar-refractivity contribution in [3.8, 4) is 0 Å². The summed E-state index contributed by atoms with van der Waals surface area (Å²) in [6.07, 6.45) is 12.6. The molecule has 3 nitrogen and oxygen atoms in total. The molecule has 6 unspecified atom stereocenters. The minimum Gasteiger partial charge on any atom is -0.393 e. The van der Waals surface area contributed by atoms with E-state index in [-0.39, 0.29) is 17.6 Å². The van der Waals surface area contributed by atoms with Gasteiger partial charge in [0.2, 0.25) is 0 Å². The predicted molar refractivity (Wildman–Crippen MR) is 122 cm³/mol. The third kappa shape index (κ3) is 3.17. The maximum absolute atomic E-state index is 11.4. The number of aliphatic hydroxyl groups is 2. The van der Waals surface area contributed by atoms with Crippen molar-refractivity contribution in [2.24, 2.45) is 46.3 Å². The molecule has 4 aliphatic carbocycles. The Kier molecular flexibility index (Phi) is 5.43. The second-order valence-corrected chi connectivity index (χ2v) is 12.6. The molecule has 0 aromatic rings. The first-order chi connectivity index (χ1) is 14.2. The van der Waals surface area contributed by atoms with Gasteiger partial charge in [0.1, 0.15) is 0 Å². The molecule has 0 radical (unpaired) electrons. The highest BCUT2D eigenvalue weighted by atomic mass is 16.3. The van der Waals surface area contributed by atoms with Gasteiger partial charge >= 0.3 is 0 Å². The van der Waals surface area contributed by atoms with E-state index in [0.717, 1.165) is 43.6 Å². The minimum atomic E-state index is -0.220. The Hall–Kier alpha value is -0.380. The minimum absolute atomic E-state index is 0.132. The van der Waals surface area contributed by atoms with Gasteiger partial charge in [0, 0.05) is 6.04 Å². The fourth-order valence-corrected chi connectivity index (χ4v) is 9.43. The molecule has 11 atom stereocenters. The van der Waals surface area contributed by atoms with Crippen molar-refractivity contribution in [2.45, 2.75) is 104 Å². The molecule has 0 bridgehead atoms. The number of fused-ring (bicyclic) bond motifs is 5. The Morgan fingerprint density at radius 1 is 1.03 bits per heavy atom. The zero-order valence-electron chi connectivity index (χ0n) is 19.7. The lowest BCUT2D eigenvalue weighted by Crippen LogP contribution is -2.53. The average Bonchev–Trinajstić information content (AvgIpc) is 2.98. The number of hydrogen-bond donors (Lipinski definition) is 3. The zero-order chi connectivity index (χ0) is 21.3. The van der Waals surface area contributed by atoms with Crippen LogP contribution in [0.15, 0.2) is 11.6 Å². The first-order valence-corrected chi connectivity index (χ1v) is 13.0. The predicted octanol–water partition coefficient (Wildman–Crippen LogP) is 4.92. The summed E-state index contributed by atoms with van der Waals surface area (Å²) in [5, 5.41) is 25.4. The van der Waals surface area contributed by atoms with Crippen molar-refractivity contribution in [1.82, 2.24) is 5.32 Å². The van der Waals surface area contributed by atoms with Crippen molar-refractivity contribution in [2.75, 3.05) is 6.54 Å². The van der Waals surface area contributed by atoms with E-state index < -0.39 is 0 Å². The van der Waals surface area contributed by atoms with Crippen LogP contribution in [0.5, 0.6) is 0 Å². The van der Waals surface area contributed by atoms with Crippen LogP contribution >= 0.6 is 0 Å². The molecular weight excluding hydrogens is 370 g/mol. The molecule has 3 N–H and O–H groups in total. The number of rotatable bonds is 2. The maximum Gasteiger partial charge on any atom is 0.0724 e. The van der Waals surface area contributed by atoms with E-state index in [0.29, 0.717) is 29.2 Å². The van der Waals surface area contributed by atoms with E-state index in [9.17, 15) is 10.2 Å². The summed E-state index contributed by atoms with van der Waals surface area (Å²) in [4.78, 5) is 0. The van der Waals surface area contributed by atoms with E-state index in [1.807, 2.05) is 0 Å². The lowest BCUT2D eigenvalue weighted by Gasteiger charge is -2.59. The molecule has 4 fully saturated rings. The van der Waals surface area contributed by atoms with Gasteiger partial charge in [0.05, 0.1) is 12.2 Å². The molecule has 170 valence electrons. The molecule has 3 saturated carbocycles. The summed E-state index contributed by atoms with van der Waals surface area (Å²) in [6.45, 7) is 11.0. The summed E-state index contributed by atoms with van der Waals surface area (Å²) in [5.41, 5.74) is 2.13. The topological polar surface area (TPSA) is 52.5 Å². The van der Waals surface area contributed by atoms with Crippen LogP contribution in [-0.2, 0) is 0 Å². The monoisotopic (exact) mass is 415 g/mol.